The molecule has 0 amide bonds. The minimum Gasteiger partial charge on any atom is -0.494 e. The number of allylic oxidation sites excluding steroid dienone is 1. The molecule has 0 spiro atoms. The summed E-state index contributed by atoms with van der Waals surface area (Å²) in [6, 6.07) is 4.53. The van der Waals surface area contributed by atoms with Gasteiger partial charge < -0.3 is 9.84 Å². The Morgan fingerprint density at radius 3 is 2.87 bits per heavy atom. The zero-order chi connectivity index (χ0) is 11.3. The van der Waals surface area contributed by atoms with Crippen LogP contribution in [0.1, 0.15) is 5.56 Å². The van der Waals surface area contributed by atoms with Crippen LogP contribution in [0.15, 0.2) is 30.4 Å². The van der Waals surface area contributed by atoms with Crippen molar-refractivity contribution in [3.8, 4) is 5.75 Å². The van der Waals surface area contributed by atoms with Gasteiger partial charge in [-0.3, -0.25) is 0 Å². The van der Waals surface area contributed by atoms with Crippen LogP contribution < -0.4 is 4.74 Å². The average molecular weight is 210 g/mol. The number of halogens is 1. The largest absolute Gasteiger partial charge is 0.494 e. The maximum atomic E-state index is 13.2. The smallest absolute Gasteiger partial charge is 0.327 e. The summed E-state index contributed by atoms with van der Waals surface area (Å²) in [4.78, 5) is 10.2. The van der Waals surface area contributed by atoms with Gasteiger partial charge in [-0.05, 0) is 24.1 Å². The van der Waals surface area contributed by atoms with E-state index in [1.807, 2.05) is 0 Å². The van der Waals surface area contributed by atoms with Crippen LogP contribution in [0.4, 0.5) is 4.39 Å². The Balaban J connectivity index is 2.71. The molecule has 0 aliphatic heterocycles. The van der Waals surface area contributed by atoms with Gasteiger partial charge in [0.2, 0.25) is 0 Å². The summed E-state index contributed by atoms with van der Waals surface area (Å²) in [5.74, 6) is -1.27. The van der Waals surface area contributed by atoms with E-state index in [-0.39, 0.29) is 5.75 Å². The third-order valence-corrected chi connectivity index (χ3v) is 1.83. The van der Waals surface area contributed by atoms with E-state index in [2.05, 4.69) is 0 Å². The van der Waals surface area contributed by atoms with Crippen molar-refractivity contribution in [1.29, 1.82) is 0 Å². The van der Waals surface area contributed by atoms with Crippen molar-refractivity contribution in [3.05, 3.63) is 41.7 Å². The first-order valence-electron chi connectivity index (χ1n) is 4.35. The molecule has 1 aromatic carbocycles. The van der Waals surface area contributed by atoms with E-state index in [9.17, 15) is 9.18 Å². The molecule has 4 heteroatoms. The minimum atomic E-state index is -1.01. The Hall–Kier alpha value is -1.84. The van der Waals surface area contributed by atoms with E-state index in [0.29, 0.717) is 12.0 Å². The highest BCUT2D eigenvalue weighted by Gasteiger charge is 2.01. The van der Waals surface area contributed by atoms with Crippen LogP contribution >= 0.6 is 0 Å². The highest BCUT2D eigenvalue weighted by Crippen LogP contribution is 2.17. The Bertz CT molecular complexity index is 385. The molecule has 1 rings (SSSR count). The SMILES string of the molecule is COc1ccc(C/C=C/C(=O)O)cc1F. The van der Waals surface area contributed by atoms with Crippen LogP contribution in [0, 0.1) is 5.82 Å². The molecule has 0 heterocycles. The van der Waals surface area contributed by atoms with Crippen molar-refractivity contribution in [2.75, 3.05) is 7.11 Å². The molecular formula is C11H11FO3. The number of carboxylic acids is 1. The van der Waals surface area contributed by atoms with E-state index in [0.717, 1.165) is 6.08 Å². The summed E-state index contributed by atoms with van der Waals surface area (Å²) in [5.41, 5.74) is 0.700. The van der Waals surface area contributed by atoms with Crippen molar-refractivity contribution in [2.24, 2.45) is 0 Å². The van der Waals surface area contributed by atoms with Crippen LogP contribution in [0.5, 0.6) is 5.75 Å². The van der Waals surface area contributed by atoms with Crippen molar-refractivity contribution < 1.29 is 19.0 Å². The molecule has 15 heavy (non-hydrogen) atoms. The van der Waals surface area contributed by atoms with Gasteiger partial charge in [0.15, 0.2) is 11.6 Å². The molecule has 0 aliphatic carbocycles. The second kappa shape index (κ2) is 5.14. The molecule has 1 aromatic rings. The van der Waals surface area contributed by atoms with Gasteiger partial charge >= 0.3 is 5.97 Å². The normalized spacial score (nSPS) is 10.5. The lowest BCUT2D eigenvalue weighted by atomic mass is 10.1. The van der Waals surface area contributed by atoms with Crippen molar-refractivity contribution >= 4 is 5.97 Å². The molecule has 0 unspecified atom stereocenters. The zero-order valence-corrected chi connectivity index (χ0v) is 8.24. The molecule has 0 aromatic heterocycles. The molecule has 0 saturated heterocycles. The quantitative estimate of drug-likeness (QED) is 0.773. The van der Waals surface area contributed by atoms with Gasteiger partial charge in [-0.25, -0.2) is 9.18 Å². The first-order valence-corrected chi connectivity index (χ1v) is 4.35. The summed E-state index contributed by atoms with van der Waals surface area (Å²) in [6.45, 7) is 0. The van der Waals surface area contributed by atoms with Crippen LogP contribution in [0.2, 0.25) is 0 Å². The van der Waals surface area contributed by atoms with Crippen molar-refractivity contribution in [3.63, 3.8) is 0 Å². The van der Waals surface area contributed by atoms with E-state index < -0.39 is 11.8 Å². The number of rotatable bonds is 4. The molecule has 0 aliphatic rings. The summed E-state index contributed by atoms with van der Waals surface area (Å²) < 4.78 is 17.9. The fourth-order valence-corrected chi connectivity index (χ4v) is 1.13. The minimum absolute atomic E-state index is 0.181. The van der Waals surface area contributed by atoms with Gasteiger partial charge in [-0.1, -0.05) is 12.1 Å². The monoisotopic (exact) mass is 210 g/mol. The standard InChI is InChI=1S/C11H11FO3/c1-15-10-6-5-8(7-9(10)12)3-2-4-11(13)14/h2,4-7H,3H2,1H3,(H,13,14)/b4-2+. The molecule has 0 atom stereocenters. The first kappa shape index (κ1) is 11.2. The van der Waals surface area contributed by atoms with E-state index >= 15 is 0 Å². The van der Waals surface area contributed by atoms with Crippen LogP contribution in [0.3, 0.4) is 0 Å². The number of hydrogen-bond donors (Lipinski definition) is 1. The molecule has 0 radical (unpaired) electrons. The highest BCUT2D eigenvalue weighted by atomic mass is 19.1. The maximum Gasteiger partial charge on any atom is 0.327 e. The highest BCUT2D eigenvalue weighted by molar-refractivity contribution is 5.79. The van der Waals surface area contributed by atoms with Gasteiger partial charge in [0.1, 0.15) is 0 Å². The Labute approximate surface area is 86.8 Å². The predicted molar refractivity (Wildman–Crippen MR) is 53.4 cm³/mol. The number of hydrogen-bond acceptors (Lipinski definition) is 2. The second-order valence-corrected chi connectivity index (χ2v) is 2.91. The number of carboxylic acid groups (broad SMARTS) is 1. The fourth-order valence-electron chi connectivity index (χ4n) is 1.13. The molecule has 0 fully saturated rings. The summed E-state index contributed by atoms with van der Waals surface area (Å²) >= 11 is 0. The number of ether oxygens (including phenoxy) is 1. The number of benzene rings is 1. The predicted octanol–water partition coefficient (Wildman–Crippen LogP) is 2.02. The molecular weight excluding hydrogens is 199 g/mol. The second-order valence-electron chi connectivity index (χ2n) is 2.91. The van der Waals surface area contributed by atoms with E-state index in [1.54, 1.807) is 6.07 Å². The van der Waals surface area contributed by atoms with Crippen LogP contribution in [-0.4, -0.2) is 18.2 Å². The van der Waals surface area contributed by atoms with E-state index in [1.165, 1.54) is 25.3 Å². The molecule has 80 valence electrons. The number of methoxy groups -OCH3 is 1. The van der Waals surface area contributed by atoms with Gasteiger partial charge in [-0.2, -0.15) is 0 Å². The molecule has 3 nitrogen and oxygen atoms in total. The Morgan fingerprint density at radius 1 is 1.60 bits per heavy atom. The van der Waals surface area contributed by atoms with E-state index in [4.69, 9.17) is 9.84 Å². The van der Waals surface area contributed by atoms with Crippen molar-refractivity contribution in [2.45, 2.75) is 6.42 Å². The van der Waals surface area contributed by atoms with Crippen LogP contribution in [0.25, 0.3) is 0 Å². The molecule has 1 N–H and O–H groups in total. The number of carbonyl (C=O) groups is 1. The maximum absolute atomic E-state index is 13.2. The Kier molecular flexibility index (Phi) is 3.85. The van der Waals surface area contributed by atoms with Crippen LogP contribution in [-0.2, 0) is 11.2 Å². The fraction of sp³-hybridized carbons (Fsp3) is 0.182. The van der Waals surface area contributed by atoms with Gasteiger partial charge in [-0.15, -0.1) is 0 Å². The third kappa shape index (κ3) is 3.42. The van der Waals surface area contributed by atoms with Gasteiger partial charge in [0.25, 0.3) is 0 Å². The van der Waals surface area contributed by atoms with Crippen molar-refractivity contribution in [1.82, 2.24) is 0 Å². The summed E-state index contributed by atoms with van der Waals surface area (Å²) in [7, 11) is 1.39. The summed E-state index contributed by atoms with van der Waals surface area (Å²) in [5, 5.41) is 8.35. The lowest BCUT2D eigenvalue weighted by molar-refractivity contribution is -0.131. The van der Waals surface area contributed by atoms with Gasteiger partial charge in [0.05, 0.1) is 7.11 Å². The lowest BCUT2D eigenvalue weighted by Gasteiger charge is -2.02. The summed E-state index contributed by atoms with van der Waals surface area (Å²) in [6.07, 6.45) is 2.87. The van der Waals surface area contributed by atoms with Gasteiger partial charge in [0, 0.05) is 6.08 Å². The lowest BCUT2D eigenvalue weighted by Crippen LogP contribution is -1.91. The average Bonchev–Trinajstić information content (AvgIpc) is 2.17. The first-order chi connectivity index (χ1) is 7.13. The topological polar surface area (TPSA) is 46.5 Å². The zero-order valence-electron chi connectivity index (χ0n) is 8.24. The Morgan fingerprint density at radius 2 is 2.33 bits per heavy atom. The third-order valence-electron chi connectivity index (χ3n) is 1.83. The number of aliphatic carboxylic acids is 1. The molecule has 0 bridgehead atoms. The molecule has 0 saturated carbocycles.